The van der Waals surface area contributed by atoms with Crippen LogP contribution in [0.1, 0.15) is 9.81 Å². The standard InChI is InChI=1S/C18H12F6N2O3/c1-28-12-6-7-26-13(8-12)25-15(18(22,23)24)14(16(26)27)10-2-4-11(5-3-10)29-9-17(19,20)21/h2-8H,9H2,1H3/i1D3. The minimum atomic E-state index is -5.07. The zero-order valence-corrected chi connectivity index (χ0v) is 14.1. The van der Waals surface area contributed by atoms with E-state index in [1.54, 1.807) is 0 Å². The maximum absolute atomic E-state index is 13.7. The van der Waals surface area contributed by atoms with Gasteiger partial charge in [-0.15, -0.1) is 0 Å². The zero-order chi connectivity index (χ0) is 23.9. The highest BCUT2D eigenvalue weighted by atomic mass is 19.4. The molecule has 3 rings (SSSR count). The second-order valence-corrected chi connectivity index (χ2v) is 5.76. The maximum Gasteiger partial charge on any atom is 0.434 e. The molecule has 0 aliphatic rings. The van der Waals surface area contributed by atoms with Crippen LogP contribution in [0, 0.1) is 0 Å². The summed E-state index contributed by atoms with van der Waals surface area (Å²) in [5.74, 6) is -0.594. The number of nitrogens with zero attached hydrogens (tertiary/aromatic N) is 2. The summed E-state index contributed by atoms with van der Waals surface area (Å²) in [7, 11) is -2.87. The molecule has 0 amide bonds. The largest absolute Gasteiger partial charge is 0.497 e. The first-order chi connectivity index (χ1) is 14.6. The van der Waals surface area contributed by atoms with E-state index < -0.39 is 48.5 Å². The summed E-state index contributed by atoms with van der Waals surface area (Å²) in [5, 5.41) is 0. The van der Waals surface area contributed by atoms with Gasteiger partial charge in [0.1, 0.15) is 17.1 Å². The number of halogens is 6. The van der Waals surface area contributed by atoms with Gasteiger partial charge in [-0.3, -0.25) is 9.20 Å². The van der Waals surface area contributed by atoms with E-state index in [4.69, 9.17) is 4.11 Å². The molecule has 0 aliphatic carbocycles. The van der Waals surface area contributed by atoms with Crippen molar-refractivity contribution in [2.45, 2.75) is 12.4 Å². The van der Waals surface area contributed by atoms with Gasteiger partial charge >= 0.3 is 12.4 Å². The van der Waals surface area contributed by atoms with Gasteiger partial charge in [-0.1, -0.05) is 12.1 Å². The van der Waals surface area contributed by atoms with Crippen LogP contribution in [-0.2, 0) is 6.18 Å². The first kappa shape index (κ1) is 16.7. The van der Waals surface area contributed by atoms with Crippen molar-refractivity contribution in [2.75, 3.05) is 13.6 Å². The molecule has 0 saturated carbocycles. The van der Waals surface area contributed by atoms with Crippen LogP contribution in [0.4, 0.5) is 26.3 Å². The molecule has 2 heterocycles. The molecule has 2 aromatic heterocycles. The molecule has 0 atom stereocenters. The molecule has 0 bridgehead atoms. The van der Waals surface area contributed by atoms with Crippen molar-refractivity contribution < 1.29 is 39.9 Å². The Labute approximate surface area is 163 Å². The van der Waals surface area contributed by atoms with Crippen LogP contribution in [0.5, 0.6) is 11.5 Å². The SMILES string of the molecule is [2H]C([2H])([2H])Oc1ccn2c(=O)c(-c3ccc(OCC(F)(F)F)cc3)c(C(F)(F)F)nc2c1. The van der Waals surface area contributed by atoms with Crippen LogP contribution in [0.25, 0.3) is 16.8 Å². The molecule has 0 spiro atoms. The highest BCUT2D eigenvalue weighted by Crippen LogP contribution is 2.35. The molecule has 154 valence electrons. The van der Waals surface area contributed by atoms with Crippen LogP contribution in [0.15, 0.2) is 47.4 Å². The Bertz CT molecular complexity index is 1190. The van der Waals surface area contributed by atoms with Crippen LogP contribution < -0.4 is 15.0 Å². The summed E-state index contributed by atoms with van der Waals surface area (Å²) < 4.78 is 109. The van der Waals surface area contributed by atoms with E-state index in [1.807, 2.05) is 0 Å². The van der Waals surface area contributed by atoms with E-state index >= 15 is 0 Å². The van der Waals surface area contributed by atoms with Crippen LogP contribution in [-0.4, -0.2) is 29.2 Å². The minimum absolute atomic E-state index is 0.258. The fourth-order valence-electron chi connectivity index (χ4n) is 2.53. The lowest BCUT2D eigenvalue weighted by molar-refractivity contribution is -0.153. The molecule has 0 aliphatic heterocycles. The number of fused-ring (bicyclic) bond motifs is 1. The molecule has 0 unspecified atom stereocenters. The van der Waals surface area contributed by atoms with E-state index in [2.05, 4.69) is 14.5 Å². The summed E-state index contributed by atoms with van der Waals surface area (Å²) in [6.45, 7) is -1.60. The topological polar surface area (TPSA) is 52.8 Å². The molecule has 0 radical (unpaired) electrons. The Morgan fingerprint density at radius 2 is 1.76 bits per heavy atom. The molecular formula is C18H12F6N2O3. The third kappa shape index (κ3) is 4.44. The van der Waals surface area contributed by atoms with Crippen molar-refractivity contribution in [3.63, 3.8) is 0 Å². The summed E-state index contributed by atoms with van der Waals surface area (Å²) in [6, 6.07) is 5.90. The Morgan fingerprint density at radius 3 is 2.34 bits per heavy atom. The lowest BCUT2D eigenvalue weighted by Gasteiger charge is -2.14. The smallest absolute Gasteiger partial charge is 0.434 e. The number of pyridine rings is 1. The molecule has 1 aromatic carbocycles. The zero-order valence-electron chi connectivity index (χ0n) is 17.1. The lowest BCUT2D eigenvalue weighted by atomic mass is 10.0. The van der Waals surface area contributed by atoms with Crippen LogP contribution in [0.2, 0.25) is 0 Å². The molecule has 3 aromatic rings. The van der Waals surface area contributed by atoms with Gasteiger partial charge in [0.15, 0.2) is 12.3 Å². The molecule has 29 heavy (non-hydrogen) atoms. The van der Waals surface area contributed by atoms with E-state index in [0.29, 0.717) is 0 Å². The second kappa shape index (κ2) is 7.30. The van der Waals surface area contributed by atoms with E-state index in [0.717, 1.165) is 47.0 Å². The molecule has 11 heteroatoms. The highest BCUT2D eigenvalue weighted by molar-refractivity contribution is 5.68. The van der Waals surface area contributed by atoms with Gasteiger partial charge < -0.3 is 9.47 Å². The third-order valence-electron chi connectivity index (χ3n) is 3.73. The molecule has 0 saturated heterocycles. The van der Waals surface area contributed by atoms with Gasteiger partial charge in [-0.2, -0.15) is 26.3 Å². The lowest BCUT2D eigenvalue weighted by Crippen LogP contribution is -2.24. The predicted octanol–water partition coefficient (Wildman–Crippen LogP) is 4.33. The van der Waals surface area contributed by atoms with Gasteiger partial charge in [0.2, 0.25) is 0 Å². The average molecular weight is 421 g/mol. The molecule has 0 N–H and O–H groups in total. The molecular weight excluding hydrogens is 406 g/mol. The first-order valence-electron chi connectivity index (χ1n) is 9.27. The summed E-state index contributed by atoms with van der Waals surface area (Å²) in [4.78, 5) is 16.3. The van der Waals surface area contributed by atoms with Crippen molar-refractivity contribution in [1.82, 2.24) is 9.38 Å². The normalized spacial score (nSPS) is 14.2. The number of benzene rings is 1. The van der Waals surface area contributed by atoms with Gasteiger partial charge in [-0.25, -0.2) is 4.98 Å². The van der Waals surface area contributed by atoms with Crippen molar-refractivity contribution in [2.24, 2.45) is 0 Å². The summed E-state index contributed by atoms with van der Waals surface area (Å²) in [6.07, 6.45) is -8.68. The van der Waals surface area contributed by atoms with Crippen molar-refractivity contribution in [3.05, 3.63) is 58.6 Å². The van der Waals surface area contributed by atoms with E-state index in [1.165, 1.54) is 0 Å². The van der Waals surface area contributed by atoms with Crippen LogP contribution >= 0.6 is 0 Å². The van der Waals surface area contributed by atoms with E-state index in [-0.39, 0.29) is 17.1 Å². The summed E-state index contributed by atoms with van der Waals surface area (Å²) >= 11 is 0. The van der Waals surface area contributed by atoms with Gasteiger partial charge in [0.05, 0.1) is 16.7 Å². The number of alkyl halides is 6. The molecule has 5 nitrogen and oxygen atoms in total. The van der Waals surface area contributed by atoms with Crippen LogP contribution in [0.3, 0.4) is 0 Å². The highest BCUT2D eigenvalue weighted by Gasteiger charge is 2.38. The Kier molecular flexibility index (Phi) is 4.20. The minimum Gasteiger partial charge on any atom is -0.497 e. The Balaban J connectivity index is 2.11. The fourth-order valence-corrected chi connectivity index (χ4v) is 2.53. The fraction of sp³-hybridized carbons (Fsp3) is 0.222. The Morgan fingerprint density at radius 1 is 1.07 bits per heavy atom. The first-order valence-corrected chi connectivity index (χ1v) is 7.77. The van der Waals surface area contributed by atoms with Gasteiger partial charge in [0.25, 0.3) is 5.56 Å². The third-order valence-corrected chi connectivity index (χ3v) is 3.73. The number of aromatic nitrogens is 2. The number of rotatable bonds is 4. The quantitative estimate of drug-likeness (QED) is 0.589. The van der Waals surface area contributed by atoms with Crippen molar-refractivity contribution in [1.29, 1.82) is 0 Å². The number of hydrogen-bond donors (Lipinski definition) is 0. The average Bonchev–Trinajstić information content (AvgIpc) is 2.64. The monoisotopic (exact) mass is 421 g/mol. The number of hydrogen-bond acceptors (Lipinski definition) is 4. The molecule has 0 fully saturated rings. The predicted molar refractivity (Wildman–Crippen MR) is 90.0 cm³/mol. The van der Waals surface area contributed by atoms with Crippen molar-refractivity contribution in [3.8, 4) is 22.6 Å². The van der Waals surface area contributed by atoms with Crippen molar-refractivity contribution >= 4 is 5.65 Å². The maximum atomic E-state index is 13.7. The summed E-state index contributed by atoms with van der Waals surface area (Å²) in [5.41, 5.74) is -4.31. The Hall–Kier alpha value is -3.24. The number of methoxy groups -OCH3 is 1. The van der Waals surface area contributed by atoms with Gasteiger partial charge in [0, 0.05) is 12.3 Å². The van der Waals surface area contributed by atoms with E-state index in [9.17, 15) is 31.1 Å². The van der Waals surface area contributed by atoms with Gasteiger partial charge in [-0.05, 0) is 23.8 Å². The number of ether oxygens (including phenoxy) is 2. The second-order valence-electron chi connectivity index (χ2n) is 5.76.